The van der Waals surface area contributed by atoms with E-state index in [1.807, 2.05) is 48.5 Å². The Labute approximate surface area is 169 Å². The van der Waals surface area contributed by atoms with Crippen molar-refractivity contribution >= 4 is 28.9 Å². The number of fused-ring (bicyclic) bond motifs is 1. The van der Waals surface area contributed by atoms with Gasteiger partial charge in [-0.3, -0.25) is 4.79 Å². The third kappa shape index (κ3) is 3.99. The number of hydrogen-bond donors (Lipinski definition) is 2. The maximum absolute atomic E-state index is 12.6. The van der Waals surface area contributed by atoms with Crippen LogP contribution in [-0.4, -0.2) is 30.0 Å². The number of hydrogen-bond acceptors (Lipinski definition) is 7. The lowest BCUT2D eigenvalue weighted by molar-refractivity contribution is 0.0972. The predicted octanol–water partition coefficient (Wildman–Crippen LogP) is 4.50. The number of carbonyl (C=O) groups excluding carboxylic acids is 1. The third-order valence-corrected chi connectivity index (χ3v) is 4.79. The van der Waals surface area contributed by atoms with Crippen molar-refractivity contribution in [3.05, 3.63) is 59.8 Å². The highest BCUT2D eigenvalue weighted by Gasteiger charge is 2.25. The summed E-state index contributed by atoms with van der Waals surface area (Å²) in [6.45, 7) is 0. The van der Waals surface area contributed by atoms with Gasteiger partial charge in [0.2, 0.25) is 5.95 Å². The number of aromatic nitrogens is 2. The number of nitrogens with zero attached hydrogens (tertiary/aromatic N) is 2. The Bertz CT molecular complexity index is 1030. The third-order valence-electron chi connectivity index (χ3n) is 4.79. The van der Waals surface area contributed by atoms with E-state index in [0.717, 1.165) is 35.7 Å². The molecule has 0 aliphatic heterocycles. The average Bonchev–Trinajstić information content (AvgIpc) is 2.74. The van der Waals surface area contributed by atoms with E-state index in [-0.39, 0.29) is 5.78 Å². The van der Waals surface area contributed by atoms with Crippen LogP contribution in [0.5, 0.6) is 11.5 Å². The highest BCUT2D eigenvalue weighted by molar-refractivity contribution is 6.03. The van der Waals surface area contributed by atoms with Gasteiger partial charge in [0.15, 0.2) is 5.78 Å². The van der Waals surface area contributed by atoms with Crippen LogP contribution in [-0.2, 0) is 6.42 Å². The number of carbonyl (C=O) groups is 1. The number of benzene rings is 2. The number of anilines is 4. The van der Waals surface area contributed by atoms with Crippen LogP contribution in [0.1, 0.15) is 28.9 Å². The molecule has 29 heavy (non-hydrogen) atoms. The van der Waals surface area contributed by atoms with Gasteiger partial charge in [0.1, 0.15) is 17.3 Å². The molecule has 0 bridgehead atoms. The molecule has 4 rings (SSSR count). The molecule has 3 aromatic rings. The van der Waals surface area contributed by atoms with E-state index in [2.05, 4.69) is 20.6 Å². The van der Waals surface area contributed by atoms with Crippen molar-refractivity contribution in [3.8, 4) is 11.5 Å². The summed E-state index contributed by atoms with van der Waals surface area (Å²) in [7, 11) is 3.24. The Kier molecular flexibility index (Phi) is 5.29. The lowest BCUT2D eigenvalue weighted by atomic mass is 9.95. The minimum absolute atomic E-state index is 0.0552. The summed E-state index contributed by atoms with van der Waals surface area (Å²) in [4.78, 5) is 21.8. The Hall–Kier alpha value is -3.61. The zero-order chi connectivity index (χ0) is 20.2. The van der Waals surface area contributed by atoms with Crippen molar-refractivity contribution in [1.82, 2.24) is 9.97 Å². The number of aryl methyl sites for hydroxylation is 1. The topological polar surface area (TPSA) is 85.4 Å². The first-order valence-electron chi connectivity index (χ1n) is 9.43. The van der Waals surface area contributed by atoms with Gasteiger partial charge in [-0.15, -0.1) is 0 Å². The zero-order valence-electron chi connectivity index (χ0n) is 16.4. The lowest BCUT2D eigenvalue weighted by Gasteiger charge is -2.20. The molecule has 1 aromatic heterocycles. The van der Waals surface area contributed by atoms with E-state index in [1.165, 1.54) is 0 Å². The number of rotatable bonds is 6. The molecule has 0 atom stereocenters. The summed E-state index contributed by atoms with van der Waals surface area (Å²) < 4.78 is 10.6. The van der Waals surface area contributed by atoms with Gasteiger partial charge in [-0.2, -0.15) is 4.98 Å². The zero-order valence-corrected chi connectivity index (χ0v) is 16.4. The molecule has 0 unspecified atom stereocenters. The Morgan fingerprint density at radius 1 is 0.897 bits per heavy atom. The number of Topliss-reactive ketones (excluding diaryl/α,β-unsaturated/α-hetero) is 1. The van der Waals surface area contributed by atoms with Gasteiger partial charge in [-0.1, -0.05) is 12.1 Å². The second-order valence-electron chi connectivity index (χ2n) is 6.67. The van der Waals surface area contributed by atoms with Crippen LogP contribution in [0.15, 0.2) is 48.5 Å². The molecule has 0 saturated heterocycles. The number of methoxy groups -OCH3 is 2. The van der Waals surface area contributed by atoms with Gasteiger partial charge in [0.05, 0.1) is 31.2 Å². The van der Waals surface area contributed by atoms with E-state index in [9.17, 15) is 4.79 Å². The molecule has 2 aromatic carbocycles. The number of ether oxygens (including phenoxy) is 2. The Balaban J connectivity index is 1.72. The van der Waals surface area contributed by atoms with Crippen molar-refractivity contribution in [1.29, 1.82) is 0 Å². The molecule has 0 spiro atoms. The van der Waals surface area contributed by atoms with Crippen LogP contribution < -0.4 is 20.1 Å². The predicted molar refractivity (Wildman–Crippen MR) is 112 cm³/mol. The molecule has 1 aliphatic carbocycles. The van der Waals surface area contributed by atoms with Crippen molar-refractivity contribution in [3.63, 3.8) is 0 Å². The summed E-state index contributed by atoms with van der Waals surface area (Å²) in [5, 5.41) is 6.48. The van der Waals surface area contributed by atoms with Crippen LogP contribution in [0.25, 0.3) is 0 Å². The van der Waals surface area contributed by atoms with Crippen molar-refractivity contribution in [2.24, 2.45) is 0 Å². The molecule has 2 N–H and O–H groups in total. The van der Waals surface area contributed by atoms with Crippen LogP contribution in [0.2, 0.25) is 0 Å². The highest BCUT2D eigenvalue weighted by atomic mass is 16.5. The first kappa shape index (κ1) is 18.7. The second kappa shape index (κ2) is 8.18. The summed E-state index contributed by atoms with van der Waals surface area (Å²) in [5.41, 5.74) is 2.88. The van der Waals surface area contributed by atoms with Crippen LogP contribution >= 0.6 is 0 Å². The molecule has 0 radical (unpaired) electrons. The maximum atomic E-state index is 12.6. The van der Waals surface area contributed by atoms with E-state index in [0.29, 0.717) is 29.5 Å². The summed E-state index contributed by atoms with van der Waals surface area (Å²) in [6.07, 6.45) is 2.03. The molecular formula is C22H22N4O3. The van der Waals surface area contributed by atoms with Gasteiger partial charge in [0, 0.05) is 12.1 Å². The van der Waals surface area contributed by atoms with Crippen LogP contribution in [0.3, 0.4) is 0 Å². The number of para-hydroxylation sites is 2. The fourth-order valence-corrected chi connectivity index (χ4v) is 3.35. The van der Waals surface area contributed by atoms with Gasteiger partial charge in [-0.25, -0.2) is 4.98 Å². The summed E-state index contributed by atoms with van der Waals surface area (Å²) >= 11 is 0. The molecule has 0 saturated carbocycles. The first-order chi connectivity index (χ1) is 14.2. The van der Waals surface area contributed by atoms with Crippen molar-refractivity contribution in [2.75, 3.05) is 24.9 Å². The van der Waals surface area contributed by atoms with Gasteiger partial charge in [0.25, 0.3) is 0 Å². The van der Waals surface area contributed by atoms with Gasteiger partial charge >= 0.3 is 0 Å². The minimum atomic E-state index is 0.0552. The molecule has 7 nitrogen and oxygen atoms in total. The van der Waals surface area contributed by atoms with Crippen molar-refractivity contribution in [2.45, 2.75) is 19.3 Å². The largest absolute Gasteiger partial charge is 0.497 e. The second-order valence-corrected chi connectivity index (χ2v) is 6.67. The highest BCUT2D eigenvalue weighted by Crippen LogP contribution is 2.32. The molecule has 7 heteroatoms. The van der Waals surface area contributed by atoms with Crippen molar-refractivity contribution < 1.29 is 14.3 Å². The standard InChI is InChI=1S/C22H22N4O3/c1-28-15-12-10-14(11-13-15)23-22-25-17-7-5-8-18(27)20(17)21(26-22)24-16-6-3-4-9-19(16)29-2/h3-4,6,9-13H,5,7-8H2,1-2H3,(H2,23,24,25,26). The fraction of sp³-hybridized carbons (Fsp3) is 0.227. The Morgan fingerprint density at radius 3 is 2.45 bits per heavy atom. The molecule has 0 amide bonds. The van der Waals surface area contributed by atoms with Crippen LogP contribution in [0, 0.1) is 0 Å². The lowest BCUT2D eigenvalue weighted by Crippen LogP contribution is -2.18. The number of nitrogens with one attached hydrogen (secondary N) is 2. The smallest absolute Gasteiger partial charge is 0.229 e. The summed E-state index contributed by atoms with van der Waals surface area (Å²) in [6, 6.07) is 15.0. The van der Waals surface area contributed by atoms with Gasteiger partial charge in [-0.05, 0) is 49.2 Å². The molecular weight excluding hydrogens is 368 g/mol. The van der Waals surface area contributed by atoms with Gasteiger partial charge < -0.3 is 20.1 Å². The fourth-order valence-electron chi connectivity index (χ4n) is 3.35. The Morgan fingerprint density at radius 2 is 1.69 bits per heavy atom. The maximum Gasteiger partial charge on any atom is 0.229 e. The SMILES string of the molecule is COc1ccc(Nc2nc3c(c(Nc4ccccc4OC)n2)C(=O)CCC3)cc1. The first-order valence-corrected chi connectivity index (χ1v) is 9.43. The van der Waals surface area contributed by atoms with Crippen LogP contribution in [0.4, 0.5) is 23.1 Å². The van der Waals surface area contributed by atoms with E-state index in [1.54, 1.807) is 14.2 Å². The quantitative estimate of drug-likeness (QED) is 0.641. The molecule has 0 fully saturated rings. The van der Waals surface area contributed by atoms with E-state index >= 15 is 0 Å². The minimum Gasteiger partial charge on any atom is -0.497 e. The van der Waals surface area contributed by atoms with E-state index in [4.69, 9.17) is 9.47 Å². The molecule has 1 aliphatic rings. The monoisotopic (exact) mass is 390 g/mol. The average molecular weight is 390 g/mol. The van der Waals surface area contributed by atoms with E-state index < -0.39 is 0 Å². The molecule has 1 heterocycles. The number of ketones is 1. The molecule has 148 valence electrons. The normalized spacial score (nSPS) is 12.8. The summed E-state index contributed by atoms with van der Waals surface area (Å²) in [5.74, 6) is 2.42.